The molecule has 1 aliphatic heterocycles. The summed E-state index contributed by atoms with van der Waals surface area (Å²) in [5.74, 6) is 0.442. The van der Waals surface area contributed by atoms with Gasteiger partial charge in [0.2, 0.25) is 0 Å². The summed E-state index contributed by atoms with van der Waals surface area (Å²) < 4.78 is 0. The Kier molecular flexibility index (Phi) is 3.45. The zero-order valence-corrected chi connectivity index (χ0v) is 10.8. The molecule has 4 nitrogen and oxygen atoms in total. The number of likely N-dealkylation sites (tertiary alicyclic amines) is 1. The van der Waals surface area contributed by atoms with Crippen molar-refractivity contribution in [2.24, 2.45) is 11.8 Å². The third-order valence-corrected chi connectivity index (χ3v) is 3.69. The van der Waals surface area contributed by atoms with Gasteiger partial charge in [-0.1, -0.05) is 19.9 Å². The topological polar surface area (TPSA) is 60.8 Å². The maximum atomic E-state index is 12.3. The van der Waals surface area contributed by atoms with Gasteiger partial charge >= 0.3 is 0 Å². The van der Waals surface area contributed by atoms with Gasteiger partial charge in [0.05, 0.1) is 0 Å². The molecular formula is C14H19NO3. The van der Waals surface area contributed by atoms with E-state index in [4.69, 9.17) is 0 Å². The summed E-state index contributed by atoms with van der Waals surface area (Å²) in [4.78, 5) is 14.0. The van der Waals surface area contributed by atoms with E-state index in [0.717, 1.165) is 6.42 Å². The first-order valence-electron chi connectivity index (χ1n) is 6.31. The average Bonchev–Trinajstić information content (AvgIpc) is 2.77. The van der Waals surface area contributed by atoms with Crippen LogP contribution in [-0.4, -0.2) is 34.1 Å². The number of phenolic OH excluding ortho intramolecular Hbond substituents is 2. The Hall–Kier alpha value is -1.71. The summed E-state index contributed by atoms with van der Waals surface area (Å²) in [6.07, 6.45) is 0.984. The van der Waals surface area contributed by atoms with Crippen molar-refractivity contribution in [3.05, 3.63) is 23.8 Å². The van der Waals surface area contributed by atoms with Gasteiger partial charge in [0.15, 0.2) is 0 Å². The number of hydrogen-bond donors (Lipinski definition) is 2. The van der Waals surface area contributed by atoms with Crippen LogP contribution in [0.5, 0.6) is 11.5 Å². The van der Waals surface area contributed by atoms with Crippen LogP contribution in [-0.2, 0) is 0 Å². The number of hydrogen-bond acceptors (Lipinski definition) is 3. The van der Waals surface area contributed by atoms with Crippen molar-refractivity contribution >= 4 is 5.91 Å². The van der Waals surface area contributed by atoms with Crippen LogP contribution in [0.1, 0.15) is 30.6 Å². The molecule has 18 heavy (non-hydrogen) atoms. The fraction of sp³-hybridized carbons (Fsp3) is 0.500. The van der Waals surface area contributed by atoms with Crippen LogP contribution < -0.4 is 0 Å². The summed E-state index contributed by atoms with van der Waals surface area (Å²) in [7, 11) is 0. The van der Waals surface area contributed by atoms with Crippen molar-refractivity contribution in [3.63, 3.8) is 0 Å². The van der Waals surface area contributed by atoms with Gasteiger partial charge in [0.1, 0.15) is 17.1 Å². The molecule has 2 N–H and O–H groups in total. The third kappa shape index (κ3) is 2.28. The predicted molar refractivity (Wildman–Crippen MR) is 68.6 cm³/mol. The Morgan fingerprint density at radius 3 is 2.44 bits per heavy atom. The quantitative estimate of drug-likeness (QED) is 0.844. The number of amides is 1. The van der Waals surface area contributed by atoms with Crippen molar-refractivity contribution < 1.29 is 15.0 Å². The normalized spacial score (nSPS) is 19.5. The van der Waals surface area contributed by atoms with Crippen LogP contribution in [0.3, 0.4) is 0 Å². The molecule has 1 aromatic carbocycles. The van der Waals surface area contributed by atoms with Gasteiger partial charge in [0.25, 0.3) is 5.91 Å². The lowest BCUT2D eigenvalue weighted by Crippen LogP contribution is -2.29. The number of carbonyl (C=O) groups is 1. The largest absolute Gasteiger partial charge is 0.507 e. The number of carbonyl (C=O) groups excluding carboxylic acids is 1. The van der Waals surface area contributed by atoms with E-state index >= 15 is 0 Å². The van der Waals surface area contributed by atoms with Crippen LogP contribution in [0.2, 0.25) is 0 Å². The predicted octanol–water partition coefficient (Wildman–Crippen LogP) is 2.22. The number of phenols is 2. The van der Waals surface area contributed by atoms with E-state index in [1.807, 2.05) is 0 Å². The Labute approximate surface area is 107 Å². The van der Waals surface area contributed by atoms with E-state index in [1.54, 1.807) is 4.90 Å². The lowest BCUT2D eigenvalue weighted by atomic mass is 9.95. The summed E-state index contributed by atoms with van der Waals surface area (Å²) >= 11 is 0. The molecule has 1 fully saturated rings. The van der Waals surface area contributed by atoms with Crippen LogP contribution in [0.25, 0.3) is 0 Å². The van der Waals surface area contributed by atoms with Crippen molar-refractivity contribution in [1.29, 1.82) is 0 Å². The SMILES string of the molecule is CC(C)C1CCN(C(=O)c2c(O)cccc2O)C1. The monoisotopic (exact) mass is 249 g/mol. The zero-order chi connectivity index (χ0) is 13.3. The first kappa shape index (κ1) is 12.7. The summed E-state index contributed by atoms with van der Waals surface area (Å²) in [6, 6.07) is 4.36. The molecule has 1 saturated heterocycles. The van der Waals surface area contributed by atoms with Crippen LogP contribution >= 0.6 is 0 Å². The number of rotatable bonds is 2. The fourth-order valence-corrected chi connectivity index (χ4v) is 2.42. The van der Waals surface area contributed by atoms with Gasteiger partial charge in [-0.05, 0) is 30.4 Å². The molecule has 1 aromatic rings. The second kappa shape index (κ2) is 4.88. The zero-order valence-electron chi connectivity index (χ0n) is 10.8. The molecular weight excluding hydrogens is 230 g/mol. The molecule has 1 amide bonds. The maximum Gasteiger partial charge on any atom is 0.261 e. The molecule has 0 radical (unpaired) electrons. The third-order valence-electron chi connectivity index (χ3n) is 3.69. The van der Waals surface area contributed by atoms with E-state index in [0.29, 0.717) is 24.9 Å². The maximum absolute atomic E-state index is 12.3. The molecule has 1 heterocycles. The number of benzene rings is 1. The van der Waals surface area contributed by atoms with Crippen molar-refractivity contribution in [2.75, 3.05) is 13.1 Å². The molecule has 0 spiro atoms. The van der Waals surface area contributed by atoms with Crippen molar-refractivity contribution in [1.82, 2.24) is 4.90 Å². The van der Waals surface area contributed by atoms with Crippen molar-refractivity contribution in [3.8, 4) is 11.5 Å². The van der Waals surface area contributed by atoms with Crippen molar-refractivity contribution in [2.45, 2.75) is 20.3 Å². The van der Waals surface area contributed by atoms with E-state index in [-0.39, 0.29) is 23.0 Å². The van der Waals surface area contributed by atoms with Gasteiger partial charge in [-0.25, -0.2) is 0 Å². The van der Waals surface area contributed by atoms with Gasteiger partial charge in [-0.3, -0.25) is 4.79 Å². The molecule has 1 unspecified atom stereocenters. The lowest BCUT2D eigenvalue weighted by molar-refractivity contribution is 0.0778. The summed E-state index contributed by atoms with van der Waals surface area (Å²) in [5.41, 5.74) is 0.0157. The minimum absolute atomic E-state index is 0.0157. The Morgan fingerprint density at radius 2 is 1.94 bits per heavy atom. The number of nitrogens with zero attached hydrogens (tertiary/aromatic N) is 1. The Balaban J connectivity index is 2.18. The molecule has 2 rings (SSSR count). The molecule has 0 saturated carbocycles. The second-order valence-electron chi connectivity index (χ2n) is 5.22. The van der Waals surface area contributed by atoms with Crippen LogP contribution in [0, 0.1) is 11.8 Å². The smallest absolute Gasteiger partial charge is 0.261 e. The minimum atomic E-state index is -0.284. The van der Waals surface area contributed by atoms with Gasteiger partial charge in [-0.15, -0.1) is 0 Å². The lowest BCUT2D eigenvalue weighted by Gasteiger charge is -2.19. The molecule has 1 aliphatic rings. The average molecular weight is 249 g/mol. The molecule has 1 atom stereocenters. The Morgan fingerprint density at radius 1 is 1.33 bits per heavy atom. The van der Waals surface area contributed by atoms with Crippen LogP contribution in [0.4, 0.5) is 0 Å². The van der Waals surface area contributed by atoms with Gasteiger partial charge < -0.3 is 15.1 Å². The van der Waals surface area contributed by atoms with E-state index < -0.39 is 0 Å². The standard InChI is InChI=1S/C14H19NO3/c1-9(2)10-6-7-15(8-10)14(18)13-11(16)4-3-5-12(13)17/h3-5,9-10,16-17H,6-8H2,1-2H3. The number of aromatic hydroxyl groups is 2. The summed E-state index contributed by atoms with van der Waals surface area (Å²) in [5, 5.41) is 19.4. The molecule has 0 aromatic heterocycles. The highest BCUT2D eigenvalue weighted by Gasteiger charge is 2.30. The highest BCUT2D eigenvalue weighted by atomic mass is 16.3. The molecule has 4 heteroatoms. The van der Waals surface area contributed by atoms with Gasteiger partial charge in [0, 0.05) is 13.1 Å². The van der Waals surface area contributed by atoms with E-state index in [2.05, 4.69) is 13.8 Å². The summed E-state index contributed by atoms with van der Waals surface area (Å²) in [6.45, 7) is 5.69. The first-order valence-corrected chi connectivity index (χ1v) is 6.31. The highest BCUT2D eigenvalue weighted by molar-refractivity contribution is 5.99. The minimum Gasteiger partial charge on any atom is -0.507 e. The highest BCUT2D eigenvalue weighted by Crippen LogP contribution is 2.31. The van der Waals surface area contributed by atoms with Crippen LogP contribution in [0.15, 0.2) is 18.2 Å². The van der Waals surface area contributed by atoms with E-state index in [1.165, 1.54) is 18.2 Å². The fourth-order valence-electron chi connectivity index (χ4n) is 2.42. The Bertz CT molecular complexity index is 436. The molecule has 98 valence electrons. The van der Waals surface area contributed by atoms with E-state index in [9.17, 15) is 15.0 Å². The van der Waals surface area contributed by atoms with Gasteiger partial charge in [-0.2, -0.15) is 0 Å². The second-order valence-corrected chi connectivity index (χ2v) is 5.22. The first-order chi connectivity index (χ1) is 8.50. The molecule has 0 aliphatic carbocycles. The molecule has 0 bridgehead atoms.